The van der Waals surface area contributed by atoms with E-state index in [2.05, 4.69) is 25.8 Å². The average Bonchev–Trinajstić information content (AvgIpc) is 2.50. The predicted molar refractivity (Wildman–Crippen MR) is 59.3 cm³/mol. The summed E-state index contributed by atoms with van der Waals surface area (Å²) in [6.07, 6.45) is 3.88. The highest BCUT2D eigenvalue weighted by Gasteiger charge is 2.27. The Hall–Kier alpha value is -0.120. The van der Waals surface area contributed by atoms with Gasteiger partial charge in [0.15, 0.2) is 0 Å². The first-order chi connectivity index (χ1) is 6.61. The number of nitrogens with zero attached hydrogens (tertiary/aromatic N) is 1. The van der Waals surface area contributed by atoms with E-state index in [0.29, 0.717) is 18.2 Å². The standard InChI is InChI=1S/C11H24N2O/c1-9(12)5-4-7-13(3)11-6-8-14-10(11)2/h9-11H,4-8,12H2,1-3H3. The SMILES string of the molecule is CC(N)CCCN(C)C1CCOC1C. The van der Waals surface area contributed by atoms with Crippen molar-refractivity contribution in [2.24, 2.45) is 5.73 Å². The Balaban J connectivity index is 2.17. The number of hydrogen-bond acceptors (Lipinski definition) is 3. The maximum Gasteiger partial charge on any atom is 0.0702 e. The van der Waals surface area contributed by atoms with Gasteiger partial charge in [0.2, 0.25) is 0 Å². The summed E-state index contributed by atoms with van der Waals surface area (Å²) in [6.45, 7) is 6.30. The van der Waals surface area contributed by atoms with Crippen molar-refractivity contribution < 1.29 is 4.74 Å². The van der Waals surface area contributed by atoms with E-state index in [4.69, 9.17) is 10.5 Å². The molecular weight excluding hydrogens is 176 g/mol. The van der Waals surface area contributed by atoms with E-state index in [9.17, 15) is 0 Å². The van der Waals surface area contributed by atoms with Gasteiger partial charge in [-0.2, -0.15) is 0 Å². The predicted octanol–water partition coefficient (Wildman–Crippen LogP) is 1.22. The summed E-state index contributed by atoms with van der Waals surface area (Å²) in [7, 11) is 2.19. The highest BCUT2D eigenvalue weighted by Crippen LogP contribution is 2.18. The van der Waals surface area contributed by atoms with Crippen LogP contribution in [0.25, 0.3) is 0 Å². The number of nitrogens with two attached hydrogens (primary N) is 1. The molecule has 0 spiro atoms. The summed E-state index contributed by atoms with van der Waals surface area (Å²) in [4.78, 5) is 2.42. The summed E-state index contributed by atoms with van der Waals surface area (Å²) in [6, 6.07) is 0.948. The highest BCUT2D eigenvalue weighted by molar-refractivity contribution is 4.80. The maximum atomic E-state index is 5.72. The van der Waals surface area contributed by atoms with E-state index in [1.807, 2.05) is 0 Å². The van der Waals surface area contributed by atoms with Crippen LogP contribution in [-0.2, 0) is 4.74 Å². The minimum atomic E-state index is 0.334. The van der Waals surface area contributed by atoms with Crippen LogP contribution in [0.15, 0.2) is 0 Å². The number of likely N-dealkylation sites (N-methyl/N-ethyl adjacent to an activating group) is 1. The molecule has 0 amide bonds. The van der Waals surface area contributed by atoms with Gasteiger partial charge >= 0.3 is 0 Å². The molecule has 0 aromatic heterocycles. The van der Waals surface area contributed by atoms with Crippen molar-refractivity contribution in [3.63, 3.8) is 0 Å². The van der Waals surface area contributed by atoms with Gasteiger partial charge in [0.05, 0.1) is 6.10 Å². The zero-order valence-corrected chi connectivity index (χ0v) is 9.70. The van der Waals surface area contributed by atoms with E-state index in [-0.39, 0.29) is 0 Å². The molecule has 1 aliphatic rings. The first-order valence-corrected chi connectivity index (χ1v) is 5.68. The summed E-state index contributed by atoms with van der Waals surface area (Å²) in [5, 5.41) is 0. The van der Waals surface area contributed by atoms with Crippen LogP contribution < -0.4 is 5.73 Å². The molecule has 3 unspecified atom stereocenters. The minimum Gasteiger partial charge on any atom is -0.377 e. The lowest BCUT2D eigenvalue weighted by Gasteiger charge is -2.26. The monoisotopic (exact) mass is 200 g/mol. The summed E-state index contributed by atoms with van der Waals surface area (Å²) in [5.41, 5.74) is 5.72. The number of ether oxygens (including phenoxy) is 1. The van der Waals surface area contributed by atoms with Crippen LogP contribution in [0, 0.1) is 0 Å². The van der Waals surface area contributed by atoms with Crippen LogP contribution in [0.5, 0.6) is 0 Å². The smallest absolute Gasteiger partial charge is 0.0702 e. The first-order valence-electron chi connectivity index (χ1n) is 5.68. The van der Waals surface area contributed by atoms with Gasteiger partial charge in [0, 0.05) is 18.7 Å². The normalized spacial score (nSPS) is 29.8. The zero-order valence-electron chi connectivity index (χ0n) is 9.70. The van der Waals surface area contributed by atoms with E-state index < -0.39 is 0 Å². The fourth-order valence-corrected chi connectivity index (χ4v) is 2.13. The molecule has 3 nitrogen and oxygen atoms in total. The van der Waals surface area contributed by atoms with Crippen molar-refractivity contribution in [1.29, 1.82) is 0 Å². The Labute approximate surface area is 87.6 Å². The van der Waals surface area contributed by atoms with E-state index >= 15 is 0 Å². The van der Waals surface area contributed by atoms with Crippen molar-refractivity contribution in [2.45, 2.75) is 51.3 Å². The topological polar surface area (TPSA) is 38.5 Å². The molecule has 0 bridgehead atoms. The third-order valence-electron chi connectivity index (χ3n) is 3.07. The van der Waals surface area contributed by atoms with E-state index in [0.717, 1.165) is 19.6 Å². The van der Waals surface area contributed by atoms with Crippen LogP contribution >= 0.6 is 0 Å². The second-order valence-electron chi connectivity index (χ2n) is 4.53. The molecule has 2 N–H and O–H groups in total. The van der Waals surface area contributed by atoms with E-state index in [1.54, 1.807) is 0 Å². The fourth-order valence-electron chi connectivity index (χ4n) is 2.13. The minimum absolute atomic E-state index is 0.334. The molecule has 1 fully saturated rings. The Morgan fingerprint density at radius 2 is 2.29 bits per heavy atom. The molecule has 1 aliphatic heterocycles. The van der Waals surface area contributed by atoms with Gasteiger partial charge in [-0.25, -0.2) is 0 Å². The lowest BCUT2D eigenvalue weighted by molar-refractivity contribution is 0.0831. The molecule has 3 atom stereocenters. The summed E-state index contributed by atoms with van der Waals surface area (Å²) < 4.78 is 5.55. The lowest BCUT2D eigenvalue weighted by atomic mass is 10.1. The molecule has 3 heteroatoms. The van der Waals surface area contributed by atoms with Crippen LogP contribution in [0.3, 0.4) is 0 Å². The van der Waals surface area contributed by atoms with Crippen molar-refractivity contribution in [3.05, 3.63) is 0 Å². The van der Waals surface area contributed by atoms with Gasteiger partial charge in [-0.1, -0.05) is 0 Å². The summed E-state index contributed by atoms with van der Waals surface area (Å²) in [5.74, 6) is 0. The second kappa shape index (κ2) is 5.69. The van der Waals surface area contributed by atoms with Gasteiger partial charge in [-0.3, -0.25) is 0 Å². The van der Waals surface area contributed by atoms with Gasteiger partial charge in [-0.15, -0.1) is 0 Å². The molecule has 1 heterocycles. The third-order valence-corrected chi connectivity index (χ3v) is 3.07. The van der Waals surface area contributed by atoms with Gasteiger partial charge < -0.3 is 15.4 Å². The molecule has 1 rings (SSSR count). The molecule has 1 saturated heterocycles. The van der Waals surface area contributed by atoms with Crippen LogP contribution in [0.2, 0.25) is 0 Å². The maximum absolute atomic E-state index is 5.72. The van der Waals surface area contributed by atoms with Crippen LogP contribution in [0.4, 0.5) is 0 Å². The Morgan fingerprint density at radius 1 is 1.57 bits per heavy atom. The Kier molecular flexibility index (Phi) is 4.85. The molecule has 0 aromatic carbocycles. The van der Waals surface area contributed by atoms with Gasteiger partial charge in [0.1, 0.15) is 0 Å². The highest BCUT2D eigenvalue weighted by atomic mass is 16.5. The first kappa shape index (κ1) is 12.0. The Bertz CT molecular complexity index is 161. The molecule has 0 saturated carbocycles. The quantitative estimate of drug-likeness (QED) is 0.725. The van der Waals surface area contributed by atoms with Crippen LogP contribution in [-0.4, -0.2) is 43.3 Å². The molecule has 84 valence electrons. The molecule has 0 radical (unpaired) electrons. The van der Waals surface area contributed by atoms with Crippen molar-refractivity contribution >= 4 is 0 Å². The van der Waals surface area contributed by atoms with Crippen molar-refractivity contribution in [1.82, 2.24) is 4.90 Å². The third kappa shape index (κ3) is 3.56. The zero-order chi connectivity index (χ0) is 10.6. The number of rotatable bonds is 5. The average molecular weight is 200 g/mol. The summed E-state index contributed by atoms with van der Waals surface area (Å²) >= 11 is 0. The van der Waals surface area contributed by atoms with Crippen molar-refractivity contribution in [3.8, 4) is 0 Å². The van der Waals surface area contributed by atoms with Gasteiger partial charge in [0.25, 0.3) is 0 Å². The molecule has 0 aromatic rings. The molecule has 0 aliphatic carbocycles. The molecular formula is C11H24N2O. The second-order valence-corrected chi connectivity index (χ2v) is 4.53. The largest absolute Gasteiger partial charge is 0.377 e. The fraction of sp³-hybridized carbons (Fsp3) is 1.00. The molecule has 14 heavy (non-hydrogen) atoms. The lowest BCUT2D eigenvalue weighted by Crippen LogP contribution is -2.37. The Morgan fingerprint density at radius 3 is 2.79 bits per heavy atom. The van der Waals surface area contributed by atoms with Crippen molar-refractivity contribution in [2.75, 3.05) is 20.2 Å². The van der Waals surface area contributed by atoms with E-state index in [1.165, 1.54) is 12.8 Å². The number of hydrogen-bond donors (Lipinski definition) is 1. The van der Waals surface area contributed by atoms with Gasteiger partial charge in [-0.05, 0) is 46.7 Å². The van der Waals surface area contributed by atoms with Crippen LogP contribution in [0.1, 0.15) is 33.1 Å².